The molecular formula is C12H21NO2S. The highest BCUT2D eigenvalue weighted by atomic mass is 32.2. The van der Waals surface area contributed by atoms with Gasteiger partial charge >= 0.3 is 5.97 Å². The van der Waals surface area contributed by atoms with Crippen molar-refractivity contribution in [2.75, 3.05) is 7.11 Å². The van der Waals surface area contributed by atoms with Gasteiger partial charge < -0.3 is 10.5 Å². The van der Waals surface area contributed by atoms with E-state index in [0.717, 1.165) is 4.91 Å². The minimum atomic E-state index is -0.380. The van der Waals surface area contributed by atoms with E-state index in [2.05, 4.69) is 25.5 Å². The molecule has 0 aliphatic heterocycles. The standard InChI is InChI=1S/C12H21NO2S/c1-7-9(12(3,4)5)16-10(13)8(2)11(14)15-6/h7H,13H2,1-6H3/b9-7-,10-8+. The van der Waals surface area contributed by atoms with Crippen LogP contribution in [0.3, 0.4) is 0 Å². The van der Waals surface area contributed by atoms with Gasteiger partial charge in [0.05, 0.1) is 17.7 Å². The lowest BCUT2D eigenvalue weighted by Gasteiger charge is -2.22. The second kappa shape index (κ2) is 5.99. The third-order valence-corrected chi connectivity index (χ3v) is 3.68. The Hall–Kier alpha value is -0.900. The van der Waals surface area contributed by atoms with E-state index >= 15 is 0 Å². The van der Waals surface area contributed by atoms with Crippen LogP contribution in [0.1, 0.15) is 34.6 Å². The summed E-state index contributed by atoms with van der Waals surface area (Å²) >= 11 is 1.42. The number of nitrogens with two attached hydrogens (primary N) is 1. The van der Waals surface area contributed by atoms with E-state index in [9.17, 15) is 4.79 Å². The van der Waals surface area contributed by atoms with E-state index in [1.54, 1.807) is 6.92 Å². The number of thioether (sulfide) groups is 1. The van der Waals surface area contributed by atoms with Crippen LogP contribution >= 0.6 is 11.8 Å². The highest BCUT2D eigenvalue weighted by Crippen LogP contribution is 2.37. The largest absolute Gasteiger partial charge is 0.466 e. The number of carbonyl (C=O) groups is 1. The fourth-order valence-corrected chi connectivity index (χ4v) is 1.99. The zero-order valence-electron chi connectivity index (χ0n) is 10.9. The molecule has 2 N–H and O–H groups in total. The normalized spacial score (nSPS) is 14.5. The molecule has 0 amide bonds. The molecule has 0 rings (SSSR count). The molecule has 16 heavy (non-hydrogen) atoms. The number of methoxy groups -OCH3 is 1. The Labute approximate surface area is 102 Å². The van der Waals surface area contributed by atoms with Crippen molar-refractivity contribution in [3.8, 4) is 0 Å². The summed E-state index contributed by atoms with van der Waals surface area (Å²) < 4.78 is 4.62. The number of esters is 1. The number of hydrogen-bond donors (Lipinski definition) is 1. The van der Waals surface area contributed by atoms with Gasteiger partial charge in [-0.1, -0.05) is 38.6 Å². The Balaban J connectivity index is 4.93. The summed E-state index contributed by atoms with van der Waals surface area (Å²) in [6, 6.07) is 0. The molecular weight excluding hydrogens is 222 g/mol. The number of hydrogen-bond acceptors (Lipinski definition) is 4. The first-order valence-electron chi connectivity index (χ1n) is 5.13. The van der Waals surface area contributed by atoms with Gasteiger partial charge in [0.25, 0.3) is 0 Å². The molecule has 3 nitrogen and oxygen atoms in total. The third-order valence-electron chi connectivity index (χ3n) is 2.08. The van der Waals surface area contributed by atoms with Crippen LogP contribution in [-0.2, 0) is 9.53 Å². The number of allylic oxidation sites excluding steroid dienone is 2. The van der Waals surface area contributed by atoms with E-state index in [1.165, 1.54) is 18.9 Å². The predicted molar refractivity (Wildman–Crippen MR) is 69.7 cm³/mol. The van der Waals surface area contributed by atoms with E-state index in [0.29, 0.717) is 10.6 Å². The summed E-state index contributed by atoms with van der Waals surface area (Å²) in [5, 5.41) is 0.495. The van der Waals surface area contributed by atoms with Gasteiger partial charge in [0.2, 0.25) is 0 Å². The molecule has 0 aromatic carbocycles. The molecule has 0 fully saturated rings. The van der Waals surface area contributed by atoms with Crippen LogP contribution in [0.4, 0.5) is 0 Å². The maximum Gasteiger partial charge on any atom is 0.336 e. The van der Waals surface area contributed by atoms with Gasteiger partial charge in [-0.25, -0.2) is 4.79 Å². The second-order valence-electron chi connectivity index (χ2n) is 4.49. The van der Waals surface area contributed by atoms with E-state index in [-0.39, 0.29) is 11.4 Å². The SMILES string of the molecule is C/C=C(\S/C(N)=C(\C)C(=O)OC)C(C)(C)C. The molecule has 0 aromatic rings. The summed E-state index contributed by atoms with van der Waals surface area (Å²) in [6.07, 6.45) is 2.02. The average molecular weight is 243 g/mol. The van der Waals surface area contributed by atoms with Gasteiger partial charge in [0.15, 0.2) is 0 Å². The Kier molecular flexibility index (Phi) is 5.65. The average Bonchev–Trinajstić information content (AvgIpc) is 2.21. The lowest BCUT2D eigenvalue weighted by Crippen LogP contribution is -2.12. The van der Waals surface area contributed by atoms with E-state index < -0.39 is 0 Å². The van der Waals surface area contributed by atoms with Crippen LogP contribution in [0, 0.1) is 5.41 Å². The van der Waals surface area contributed by atoms with Crippen LogP contribution in [0.5, 0.6) is 0 Å². The van der Waals surface area contributed by atoms with Crippen molar-refractivity contribution in [1.82, 2.24) is 0 Å². The lowest BCUT2D eigenvalue weighted by atomic mass is 9.96. The van der Waals surface area contributed by atoms with Gasteiger partial charge in [-0.15, -0.1) is 0 Å². The van der Waals surface area contributed by atoms with Crippen molar-refractivity contribution in [3.63, 3.8) is 0 Å². The monoisotopic (exact) mass is 243 g/mol. The van der Waals surface area contributed by atoms with Gasteiger partial charge in [-0.2, -0.15) is 0 Å². The zero-order valence-corrected chi connectivity index (χ0v) is 11.7. The maximum absolute atomic E-state index is 11.3. The van der Waals surface area contributed by atoms with Gasteiger partial charge in [-0.3, -0.25) is 0 Å². The third kappa shape index (κ3) is 4.31. The van der Waals surface area contributed by atoms with Crippen LogP contribution in [0.2, 0.25) is 0 Å². The van der Waals surface area contributed by atoms with Gasteiger partial charge in [-0.05, 0) is 24.2 Å². The van der Waals surface area contributed by atoms with Crippen molar-refractivity contribution >= 4 is 17.7 Å². The highest BCUT2D eigenvalue weighted by molar-refractivity contribution is 8.06. The molecule has 0 aromatic heterocycles. The van der Waals surface area contributed by atoms with Crippen molar-refractivity contribution in [2.24, 2.45) is 11.1 Å². The first-order chi connectivity index (χ1) is 7.23. The van der Waals surface area contributed by atoms with Crippen LogP contribution in [-0.4, -0.2) is 13.1 Å². The summed E-state index contributed by atoms with van der Waals surface area (Å²) in [6.45, 7) is 9.96. The Morgan fingerprint density at radius 2 is 1.88 bits per heavy atom. The minimum absolute atomic E-state index is 0.0282. The first-order valence-corrected chi connectivity index (χ1v) is 5.95. The van der Waals surface area contributed by atoms with E-state index in [1.807, 2.05) is 13.0 Å². The molecule has 0 aliphatic rings. The minimum Gasteiger partial charge on any atom is -0.466 e. The molecule has 4 heteroatoms. The molecule has 0 saturated heterocycles. The predicted octanol–water partition coefficient (Wildman–Crippen LogP) is 3.03. The lowest BCUT2D eigenvalue weighted by molar-refractivity contribution is -0.136. The molecule has 0 atom stereocenters. The molecule has 0 unspecified atom stereocenters. The summed E-state index contributed by atoms with van der Waals surface area (Å²) in [5.74, 6) is -0.380. The molecule has 0 radical (unpaired) electrons. The molecule has 0 saturated carbocycles. The fraction of sp³-hybridized carbons (Fsp3) is 0.583. The first kappa shape index (κ1) is 15.1. The zero-order chi connectivity index (χ0) is 12.9. The molecule has 0 bridgehead atoms. The molecule has 0 heterocycles. The molecule has 0 spiro atoms. The van der Waals surface area contributed by atoms with Crippen molar-refractivity contribution < 1.29 is 9.53 Å². The Bertz CT molecular complexity index is 324. The Morgan fingerprint density at radius 1 is 1.38 bits per heavy atom. The number of carbonyl (C=O) groups excluding carboxylic acids is 1. The van der Waals surface area contributed by atoms with Crippen LogP contribution < -0.4 is 5.73 Å². The second-order valence-corrected chi connectivity index (χ2v) is 5.57. The smallest absolute Gasteiger partial charge is 0.336 e. The van der Waals surface area contributed by atoms with Crippen LogP contribution in [0.15, 0.2) is 21.6 Å². The van der Waals surface area contributed by atoms with Crippen molar-refractivity contribution in [2.45, 2.75) is 34.6 Å². The quantitative estimate of drug-likeness (QED) is 0.611. The highest BCUT2D eigenvalue weighted by Gasteiger charge is 2.19. The van der Waals surface area contributed by atoms with Crippen molar-refractivity contribution in [3.05, 3.63) is 21.6 Å². The summed E-state index contributed by atoms with van der Waals surface area (Å²) in [5.41, 5.74) is 6.35. The molecule has 92 valence electrons. The number of ether oxygens (including phenoxy) is 1. The van der Waals surface area contributed by atoms with Crippen molar-refractivity contribution in [1.29, 1.82) is 0 Å². The Morgan fingerprint density at radius 3 is 2.19 bits per heavy atom. The fourth-order valence-electron chi connectivity index (χ4n) is 1.09. The van der Waals surface area contributed by atoms with Crippen LogP contribution in [0.25, 0.3) is 0 Å². The maximum atomic E-state index is 11.3. The summed E-state index contributed by atoms with van der Waals surface area (Å²) in [7, 11) is 1.35. The van der Waals surface area contributed by atoms with Gasteiger partial charge in [0, 0.05) is 0 Å². The van der Waals surface area contributed by atoms with Gasteiger partial charge in [0.1, 0.15) is 0 Å². The van der Waals surface area contributed by atoms with E-state index in [4.69, 9.17) is 5.73 Å². The summed E-state index contributed by atoms with van der Waals surface area (Å²) in [4.78, 5) is 12.4. The number of rotatable bonds is 3. The topological polar surface area (TPSA) is 52.3 Å². The molecule has 0 aliphatic carbocycles.